The predicted molar refractivity (Wildman–Crippen MR) is 304 cm³/mol. The van der Waals surface area contributed by atoms with Gasteiger partial charge in [-0.05, 0) is 53.4 Å². The maximum atomic E-state index is 17.9. The van der Waals surface area contributed by atoms with E-state index in [-0.39, 0.29) is 87.1 Å². The van der Waals surface area contributed by atoms with E-state index in [4.69, 9.17) is 27.6 Å². The van der Waals surface area contributed by atoms with Crippen molar-refractivity contribution in [1.82, 2.24) is 39.0 Å². The van der Waals surface area contributed by atoms with Crippen LogP contribution in [0.25, 0.3) is 22.3 Å². The van der Waals surface area contributed by atoms with Crippen LogP contribution in [0.4, 0.5) is 31.8 Å². The molecule has 0 radical (unpaired) electrons. The van der Waals surface area contributed by atoms with Gasteiger partial charge in [-0.1, -0.05) is 84.9 Å². The molecule has 14 bridgehead atoms. The van der Waals surface area contributed by atoms with Crippen molar-refractivity contribution in [1.29, 1.82) is 0 Å². The molecule has 0 N–H and O–H groups in total. The maximum absolute atomic E-state index is 17.9. The molecule has 438 valence electrons. The summed E-state index contributed by atoms with van der Waals surface area (Å²) in [7, 11) is 0. The Hall–Kier alpha value is -7.76. The van der Waals surface area contributed by atoms with E-state index < -0.39 is 109 Å². The first-order valence-corrected chi connectivity index (χ1v) is 32.4. The Morgan fingerprint density at radius 3 is 1.49 bits per heavy atom. The van der Waals surface area contributed by atoms with Crippen molar-refractivity contribution in [3.63, 3.8) is 0 Å². The van der Waals surface area contributed by atoms with Crippen molar-refractivity contribution in [3.8, 4) is 0 Å². The lowest BCUT2D eigenvalue weighted by Crippen LogP contribution is -2.37. The van der Waals surface area contributed by atoms with E-state index in [0.717, 1.165) is 12.7 Å². The highest BCUT2D eigenvalue weighted by atomic mass is 32.7. The second-order valence-corrected chi connectivity index (χ2v) is 27.4. The van der Waals surface area contributed by atoms with E-state index >= 15 is 17.9 Å². The largest absolute Gasteiger partial charge is 0.390 e. The first kappa shape index (κ1) is 57.7. The molecular weight excluding hydrogens is 1190 g/mol. The molecule has 8 aromatic rings. The summed E-state index contributed by atoms with van der Waals surface area (Å²) in [5.74, 6) is -1.83. The molecule has 9 heterocycles. The summed E-state index contributed by atoms with van der Waals surface area (Å²) < 4.78 is 107. The highest BCUT2D eigenvalue weighted by Gasteiger charge is 2.56. The smallest absolute Gasteiger partial charge is 0.346 e. The molecule has 2 amide bonds. The quantitative estimate of drug-likeness (QED) is 0.0532. The van der Waals surface area contributed by atoms with E-state index in [2.05, 4.69) is 29.9 Å². The molecule has 0 saturated carbocycles. The summed E-state index contributed by atoms with van der Waals surface area (Å²) in [5.41, 5.74) is -0.0876. The second kappa shape index (κ2) is 24.3. The van der Waals surface area contributed by atoms with Crippen molar-refractivity contribution in [3.05, 3.63) is 189 Å². The van der Waals surface area contributed by atoms with Crippen LogP contribution in [0.15, 0.2) is 147 Å². The summed E-state index contributed by atoms with van der Waals surface area (Å²) in [6.07, 6.45) is -7.30. The van der Waals surface area contributed by atoms with Gasteiger partial charge >= 0.3 is 13.6 Å². The third-order valence-corrected chi connectivity index (χ3v) is 21.5. The number of fused-ring (bicyclic) bond motifs is 11. The summed E-state index contributed by atoms with van der Waals surface area (Å²) in [6.45, 7) is -11.8. The maximum Gasteiger partial charge on any atom is 0.390 e. The zero-order chi connectivity index (χ0) is 59.0. The van der Waals surface area contributed by atoms with Gasteiger partial charge in [0.25, 0.3) is 23.2 Å². The Balaban J connectivity index is 1.01. The number of alkyl halides is 2. The number of anilines is 2. The molecule has 3 fully saturated rings. The first-order valence-electron chi connectivity index (χ1n) is 26.1. The SMILES string of the molecule is O=C(c1ccccc1)N1C/C=C/CCN(C(=O)c2ccccc2)c2ncnc3c2ncn3[C@@H]2O[C@@H]3COP(=O)(SCc4ccccc4[N+](=O)[O-])O[C@H]4[C@@H](F)[C@@H](O[C@@H]4COP(=O)(SCc4ccccc4[N+](=O)[O-])O[C@H]3[C@H]2F)n2cnc3c1ncnc32. The number of hydrogen-bond donors (Lipinski definition) is 0. The predicted octanol–water partition coefficient (Wildman–Crippen LogP) is 10.1. The number of amides is 2. The summed E-state index contributed by atoms with van der Waals surface area (Å²) in [5, 5.41) is 24.4. The average molecular weight is 1240 g/mol. The Morgan fingerprint density at radius 2 is 1.02 bits per heavy atom. The molecule has 3 saturated heterocycles. The van der Waals surface area contributed by atoms with Crippen LogP contribution in [0.2, 0.25) is 0 Å². The van der Waals surface area contributed by atoms with Crippen LogP contribution < -0.4 is 9.80 Å². The van der Waals surface area contributed by atoms with Crippen LogP contribution in [0, 0.1) is 20.2 Å². The zero-order valence-corrected chi connectivity index (χ0v) is 47.4. The lowest BCUT2D eigenvalue weighted by molar-refractivity contribution is -0.385. The monoisotopic (exact) mass is 1240 g/mol. The fourth-order valence-corrected chi connectivity index (χ4v) is 16.9. The molecule has 5 aliphatic rings. The van der Waals surface area contributed by atoms with Gasteiger partial charge in [-0.15, -0.1) is 0 Å². The van der Waals surface area contributed by atoms with Crippen LogP contribution in [-0.2, 0) is 48.2 Å². The molecule has 26 nitrogen and oxygen atoms in total. The van der Waals surface area contributed by atoms with Crippen LogP contribution >= 0.6 is 36.4 Å². The number of halogens is 2. The molecule has 85 heavy (non-hydrogen) atoms. The highest BCUT2D eigenvalue weighted by Crippen LogP contribution is 2.67. The van der Waals surface area contributed by atoms with Gasteiger partial charge in [0.05, 0.1) is 35.7 Å². The van der Waals surface area contributed by atoms with E-state index in [0.29, 0.717) is 22.8 Å². The number of imidazole rings is 2. The molecule has 2 unspecified atom stereocenters. The number of rotatable bonds is 10. The molecular formula is C53H46F2N12O14P2S2. The number of nitrogens with zero attached hydrogens (tertiary/aromatic N) is 12. The number of carbonyl (C=O) groups excluding carboxylic acids is 2. The topological polar surface area (TPSA) is 304 Å². The average Bonchev–Trinajstić information content (AvgIpc) is 2.73. The standard InChI is InChI=1S/C53H46F2N12O14P2S2/c54-40-44-38-24-76-83(75,85-27-35-19-9-11-21-37(35)67(72)73)81-45-39(25-77-82(74,80-44)84-26-34-18-8-10-20-36(34)66(70)71)79-53(41(45)55)65-31-61-43-47(57-29-59-49(43)65)63(51(69)33-16-6-2-7-17-33)23-13-3-12-22-62(50(68)32-14-4-1-5-15-32)46-42-48(58-28-56-46)64(30-60-42)52(40)78-38/h1-12,14-21,28-31,38-41,44-45,52-53H,13,22-27H2/b12-3+/t38-,39-,40-,41-,44-,45-,52-,53-,82?,83?/m1/s1. The second-order valence-electron chi connectivity index (χ2n) is 19.4. The van der Waals surface area contributed by atoms with Gasteiger partial charge in [0.15, 0.2) is 58.8 Å². The van der Waals surface area contributed by atoms with E-state index in [1.165, 1.54) is 80.1 Å². The molecule has 10 atom stereocenters. The van der Waals surface area contributed by atoms with Crippen LogP contribution in [0.1, 0.15) is 50.7 Å². The minimum Gasteiger partial charge on any atom is -0.346 e. The van der Waals surface area contributed by atoms with Gasteiger partial charge in [-0.3, -0.25) is 66.8 Å². The highest BCUT2D eigenvalue weighted by molar-refractivity contribution is 8.55. The number of ether oxygens (including phenoxy) is 2. The van der Waals surface area contributed by atoms with Crippen LogP contribution in [0.5, 0.6) is 0 Å². The van der Waals surface area contributed by atoms with Gasteiger partial charge in [0, 0.05) is 59.0 Å². The summed E-state index contributed by atoms with van der Waals surface area (Å²) in [4.78, 5) is 81.9. The number of para-hydroxylation sites is 2. The van der Waals surface area contributed by atoms with Gasteiger partial charge in [0.1, 0.15) is 37.1 Å². The third-order valence-electron chi connectivity index (χ3n) is 14.2. The van der Waals surface area contributed by atoms with Gasteiger partial charge in [0.2, 0.25) is 0 Å². The first-order chi connectivity index (χ1) is 41.2. The third kappa shape index (κ3) is 11.6. The molecule has 4 aromatic carbocycles. The van der Waals surface area contributed by atoms with Crippen molar-refractivity contribution < 1.29 is 64.9 Å². The number of hydrogen-bond acceptors (Lipinski definition) is 22. The van der Waals surface area contributed by atoms with Crippen LogP contribution in [-0.4, -0.2) is 124 Å². The fourth-order valence-electron chi connectivity index (χ4n) is 10.1. The minimum atomic E-state index is -4.90. The Kier molecular flexibility index (Phi) is 16.5. The van der Waals surface area contributed by atoms with E-state index in [1.54, 1.807) is 72.8 Å². The van der Waals surface area contributed by atoms with E-state index in [9.17, 15) is 29.8 Å². The lowest BCUT2D eigenvalue weighted by Gasteiger charge is -2.30. The molecule has 0 aliphatic carbocycles. The van der Waals surface area contributed by atoms with E-state index in [1.807, 2.05) is 0 Å². The number of nitro groups is 2. The molecule has 13 rings (SSSR count). The van der Waals surface area contributed by atoms with Gasteiger partial charge in [-0.2, -0.15) is 0 Å². The lowest BCUT2D eigenvalue weighted by atomic mass is 10.1. The minimum absolute atomic E-state index is 0.000329. The Morgan fingerprint density at radius 1 is 0.588 bits per heavy atom. The molecule has 0 spiro atoms. The number of benzene rings is 4. The molecule has 32 heteroatoms. The van der Waals surface area contributed by atoms with Crippen LogP contribution in [0.3, 0.4) is 0 Å². The molecule has 5 aliphatic heterocycles. The zero-order valence-electron chi connectivity index (χ0n) is 44.0. The summed E-state index contributed by atoms with van der Waals surface area (Å²) in [6, 6.07) is 27.8. The normalized spacial score (nSPS) is 26.7. The molecule has 4 aromatic heterocycles. The number of aromatic nitrogens is 8. The Labute approximate surface area is 487 Å². The Bertz CT molecular complexity index is 3990. The van der Waals surface area contributed by atoms with Crippen molar-refractivity contribution in [2.75, 3.05) is 36.1 Å². The van der Waals surface area contributed by atoms with Gasteiger partial charge < -0.3 is 9.47 Å². The van der Waals surface area contributed by atoms with Gasteiger partial charge in [-0.25, -0.2) is 47.8 Å². The number of nitro benzene ring substituents is 2. The van der Waals surface area contributed by atoms with Crippen molar-refractivity contribution >= 4 is 93.5 Å². The number of carbonyl (C=O) groups is 2. The fraction of sp³-hybridized carbons (Fsp3) is 0.283. The van der Waals surface area contributed by atoms with Crippen molar-refractivity contribution in [2.24, 2.45) is 0 Å². The summed E-state index contributed by atoms with van der Waals surface area (Å²) >= 11 is 0.894. The van der Waals surface area contributed by atoms with Crippen molar-refractivity contribution in [2.45, 2.75) is 67.1 Å².